The molecule has 2 N–H and O–H groups in total. The Morgan fingerprint density at radius 1 is 1.12 bits per heavy atom. The summed E-state index contributed by atoms with van der Waals surface area (Å²) in [5.74, 6) is 0.710. The van der Waals surface area contributed by atoms with Gasteiger partial charge in [-0.1, -0.05) is 35.1 Å². The highest BCUT2D eigenvalue weighted by Gasteiger charge is 2.22. The summed E-state index contributed by atoms with van der Waals surface area (Å²) in [5, 5.41) is 17.0. The van der Waals surface area contributed by atoms with E-state index in [1.165, 1.54) is 6.20 Å². The number of nitrogens with one attached hydrogen (secondary N) is 2. The number of benzene rings is 2. The molecule has 6 rings (SSSR count). The van der Waals surface area contributed by atoms with Crippen LogP contribution in [0.15, 0.2) is 71.3 Å². The van der Waals surface area contributed by atoms with Gasteiger partial charge in [0.2, 0.25) is 5.89 Å². The van der Waals surface area contributed by atoms with Gasteiger partial charge in [-0.15, -0.1) is 10.2 Å². The zero-order valence-electron chi connectivity index (χ0n) is 22.2. The number of hydrogen-bond acceptors (Lipinski definition) is 10. The van der Waals surface area contributed by atoms with Gasteiger partial charge in [0, 0.05) is 37.3 Å². The molecular formula is C28H26F2N8O4. The lowest BCUT2D eigenvalue weighted by Gasteiger charge is -2.16. The van der Waals surface area contributed by atoms with E-state index in [1.807, 2.05) is 42.5 Å². The maximum absolute atomic E-state index is 13.0. The Labute approximate surface area is 238 Å². The molecule has 0 unspecified atom stereocenters. The fourth-order valence-electron chi connectivity index (χ4n) is 4.51. The van der Waals surface area contributed by atoms with E-state index in [-0.39, 0.29) is 35.5 Å². The smallest absolute Gasteiger partial charge is 0.350 e. The van der Waals surface area contributed by atoms with Crippen LogP contribution in [0.1, 0.15) is 40.9 Å². The van der Waals surface area contributed by atoms with E-state index in [0.29, 0.717) is 41.5 Å². The number of ether oxygens (including phenoxy) is 2. The summed E-state index contributed by atoms with van der Waals surface area (Å²) in [4.78, 5) is 21.8. The van der Waals surface area contributed by atoms with E-state index in [9.17, 15) is 13.6 Å². The van der Waals surface area contributed by atoms with E-state index in [2.05, 4.69) is 36.0 Å². The molecule has 0 aliphatic carbocycles. The molecule has 12 nitrogen and oxygen atoms in total. The molecule has 216 valence electrons. The van der Waals surface area contributed by atoms with Crippen molar-refractivity contribution in [3.63, 3.8) is 0 Å². The molecule has 1 amide bonds. The highest BCUT2D eigenvalue weighted by Crippen LogP contribution is 2.28. The standard InChI is InChI=1S/C28H26F2N8O4/c29-28(30)38-36-25(35-37-38)24(17-4-2-1-3-5-17)32-11-12-33-26(39)22-14-18(8-10-31-22)27-34-21-7-6-19(15-23(21)42-27)41-20-9-13-40-16-20/h1-8,10,14-15,20,24,28,32H,9,11-13,16H2,(H,33,39)/t20-,24+/m0/s1. The average Bonchev–Trinajstić information content (AvgIpc) is 3.79. The zero-order valence-corrected chi connectivity index (χ0v) is 22.2. The molecule has 3 aromatic heterocycles. The van der Waals surface area contributed by atoms with Crippen LogP contribution in [0.25, 0.3) is 22.6 Å². The van der Waals surface area contributed by atoms with Crippen molar-refractivity contribution in [3.8, 4) is 17.2 Å². The van der Waals surface area contributed by atoms with Crippen LogP contribution in [0.3, 0.4) is 0 Å². The minimum atomic E-state index is -2.90. The van der Waals surface area contributed by atoms with Gasteiger partial charge in [0.15, 0.2) is 11.4 Å². The van der Waals surface area contributed by atoms with E-state index in [1.54, 1.807) is 18.2 Å². The first-order valence-electron chi connectivity index (χ1n) is 13.3. The molecule has 1 aliphatic rings. The number of oxazole rings is 1. The number of fused-ring (bicyclic) bond motifs is 1. The number of aromatic nitrogens is 6. The summed E-state index contributed by atoms with van der Waals surface area (Å²) < 4.78 is 43.2. The SMILES string of the molecule is O=C(NCCN[C@H](c1ccccc1)c1nnn(C(F)F)n1)c1cc(-c2nc3ccc(O[C@H]4CCOC4)cc3o2)ccn1. The van der Waals surface area contributed by atoms with Crippen molar-refractivity contribution >= 4 is 17.0 Å². The second-order valence-electron chi connectivity index (χ2n) is 9.48. The van der Waals surface area contributed by atoms with E-state index >= 15 is 0 Å². The molecule has 42 heavy (non-hydrogen) atoms. The molecule has 2 atom stereocenters. The Hall–Kier alpha value is -4.82. The van der Waals surface area contributed by atoms with Crippen LogP contribution in [0.4, 0.5) is 8.78 Å². The first kappa shape index (κ1) is 27.4. The van der Waals surface area contributed by atoms with Crippen molar-refractivity contribution in [2.24, 2.45) is 0 Å². The fraction of sp³-hybridized carbons (Fsp3) is 0.286. The van der Waals surface area contributed by atoms with Crippen LogP contribution in [0, 0.1) is 0 Å². The molecule has 1 saturated heterocycles. The second kappa shape index (κ2) is 12.4. The predicted octanol–water partition coefficient (Wildman–Crippen LogP) is 3.55. The van der Waals surface area contributed by atoms with E-state index < -0.39 is 18.5 Å². The molecule has 14 heteroatoms. The third kappa shape index (κ3) is 6.24. The van der Waals surface area contributed by atoms with Crippen molar-refractivity contribution in [1.82, 2.24) is 40.8 Å². The van der Waals surface area contributed by atoms with Crippen LogP contribution in [0.5, 0.6) is 5.75 Å². The van der Waals surface area contributed by atoms with Gasteiger partial charge >= 0.3 is 6.55 Å². The Kier molecular flexibility index (Phi) is 8.05. The number of tetrazole rings is 1. The number of hydrogen-bond donors (Lipinski definition) is 2. The highest BCUT2D eigenvalue weighted by molar-refractivity contribution is 5.93. The predicted molar refractivity (Wildman–Crippen MR) is 145 cm³/mol. The van der Waals surface area contributed by atoms with Crippen LogP contribution in [-0.4, -0.2) is 68.5 Å². The van der Waals surface area contributed by atoms with Crippen molar-refractivity contribution < 1.29 is 27.5 Å². The Morgan fingerprint density at radius 3 is 2.79 bits per heavy atom. The topological polar surface area (TPSA) is 142 Å². The minimum absolute atomic E-state index is 0.0170. The number of rotatable bonds is 11. The Bertz CT molecular complexity index is 1660. The van der Waals surface area contributed by atoms with Crippen LogP contribution in [-0.2, 0) is 4.74 Å². The number of carbonyl (C=O) groups is 1. The van der Waals surface area contributed by atoms with Gasteiger partial charge in [0.05, 0.1) is 19.3 Å². The van der Waals surface area contributed by atoms with Crippen molar-refractivity contribution in [2.45, 2.75) is 25.1 Å². The van der Waals surface area contributed by atoms with Crippen LogP contribution >= 0.6 is 0 Å². The Morgan fingerprint density at radius 2 is 2.00 bits per heavy atom. The second-order valence-corrected chi connectivity index (χ2v) is 9.48. The fourth-order valence-corrected chi connectivity index (χ4v) is 4.51. The normalized spacial score (nSPS) is 15.7. The number of amides is 1. The third-order valence-electron chi connectivity index (χ3n) is 6.56. The van der Waals surface area contributed by atoms with Gasteiger partial charge in [-0.3, -0.25) is 9.78 Å². The number of nitrogens with zero attached hydrogens (tertiary/aromatic N) is 6. The Balaban J connectivity index is 1.08. The molecule has 4 heterocycles. The quantitative estimate of drug-likeness (QED) is 0.224. The molecule has 5 aromatic rings. The lowest BCUT2D eigenvalue weighted by Crippen LogP contribution is -2.34. The van der Waals surface area contributed by atoms with Crippen molar-refractivity contribution in [1.29, 1.82) is 0 Å². The molecule has 1 aliphatic heterocycles. The van der Waals surface area contributed by atoms with Crippen molar-refractivity contribution in [2.75, 3.05) is 26.3 Å². The molecule has 0 radical (unpaired) electrons. The van der Waals surface area contributed by atoms with Crippen LogP contribution in [0.2, 0.25) is 0 Å². The maximum Gasteiger partial charge on any atom is 0.350 e. The molecule has 1 fully saturated rings. The lowest BCUT2D eigenvalue weighted by molar-refractivity contribution is 0.0393. The number of pyridine rings is 1. The zero-order chi connectivity index (χ0) is 28.9. The molecular weight excluding hydrogens is 550 g/mol. The summed E-state index contributed by atoms with van der Waals surface area (Å²) in [6, 6.07) is 17.3. The third-order valence-corrected chi connectivity index (χ3v) is 6.56. The molecule has 0 saturated carbocycles. The highest BCUT2D eigenvalue weighted by atomic mass is 19.3. The molecule has 2 aromatic carbocycles. The number of carbonyl (C=O) groups excluding carboxylic acids is 1. The minimum Gasteiger partial charge on any atom is -0.488 e. The summed E-state index contributed by atoms with van der Waals surface area (Å²) >= 11 is 0. The van der Waals surface area contributed by atoms with E-state index in [0.717, 1.165) is 12.0 Å². The summed E-state index contributed by atoms with van der Waals surface area (Å²) in [5.41, 5.74) is 2.75. The summed E-state index contributed by atoms with van der Waals surface area (Å²) in [6.07, 6.45) is 2.37. The van der Waals surface area contributed by atoms with Gasteiger partial charge in [-0.2, -0.15) is 8.78 Å². The largest absolute Gasteiger partial charge is 0.488 e. The first-order chi connectivity index (χ1) is 20.5. The van der Waals surface area contributed by atoms with Crippen molar-refractivity contribution in [3.05, 3.63) is 83.9 Å². The lowest BCUT2D eigenvalue weighted by atomic mass is 10.1. The molecule has 0 spiro atoms. The monoisotopic (exact) mass is 576 g/mol. The molecule has 0 bridgehead atoms. The van der Waals surface area contributed by atoms with Gasteiger partial charge in [-0.25, -0.2) is 4.98 Å². The summed E-state index contributed by atoms with van der Waals surface area (Å²) in [6.45, 7) is -1.14. The van der Waals surface area contributed by atoms with Gasteiger partial charge < -0.3 is 24.5 Å². The van der Waals surface area contributed by atoms with E-state index in [4.69, 9.17) is 13.9 Å². The van der Waals surface area contributed by atoms with Gasteiger partial charge in [-0.05, 0) is 35.0 Å². The van der Waals surface area contributed by atoms with Gasteiger partial charge in [0.25, 0.3) is 5.91 Å². The first-order valence-corrected chi connectivity index (χ1v) is 13.3. The van der Waals surface area contributed by atoms with Crippen LogP contribution < -0.4 is 15.4 Å². The summed E-state index contributed by atoms with van der Waals surface area (Å²) in [7, 11) is 0. The average molecular weight is 577 g/mol. The number of halogens is 2. The number of alkyl halides is 2. The maximum atomic E-state index is 13.0. The van der Waals surface area contributed by atoms with Gasteiger partial charge in [0.1, 0.15) is 23.1 Å².